The number of rotatable bonds is 8. The third kappa shape index (κ3) is 5.37. The highest BCUT2D eigenvalue weighted by atomic mass is 16.5. The van der Waals surface area contributed by atoms with Crippen molar-refractivity contribution in [1.29, 1.82) is 0 Å². The summed E-state index contributed by atoms with van der Waals surface area (Å²) in [4.78, 5) is 17.7. The van der Waals surface area contributed by atoms with Crippen molar-refractivity contribution in [3.8, 4) is 22.9 Å². The Morgan fingerprint density at radius 3 is 2.66 bits per heavy atom. The lowest BCUT2D eigenvalue weighted by Gasteiger charge is -2.14. The average molecular weight is 430 g/mol. The predicted octanol–water partition coefficient (Wildman–Crippen LogP) is 5.39. The van der Waals surface area contributed by atoms with Crippen LogP contribution in [0.1, 0.15) is 18.2 Å². The summed E-state index contributed by atoms with van der Waals surface area (Å²) in [5, 5.41) is 3.24. The van der Waals surface area contributed by atoms with Crippen molar-refractivity contribution in [2.45, 2.75) is 20.3 Å². The maximum atomic E-state index is 5.47. The molecule has 1 aromatic carbocycles. The Morgan fingerprint density at radius 1 is 1.16 bits per heavy atom. The quantitative estimate of drug-likeness (QED) is 0.384. The molecule has 7 nitrogen and oxygen atoms in total. The van der Waals surface area contributed by atoms with Crippen LogP contribution in [0.2, 0.25) is 0 Å². The molecule has 0 fully saturated rings. The molecular weight excluding hydrogens is 402 g/mol. The van der Waals surface area contributed by atoms with Gasteiger partial charge in [-0.1, -0.05) is 13.0 Å². The highest BCUT2D eigenvalue weighted by molar-refractivity contribution is 5.98. The van der Waals surface area contributed by atoms with Gasteiger partial charge in [0.15, 0.2) is 17.3 Å². The minimum atomic E-state index is 0.441. The standard InChI is InChI=1S/C25H27N5O2/c1-6-18-15-19(16-22(31-4)25(18)32-5)27-14-12-23(26-3)30-21-11-10-17(2)29-24(21)20-9-7-8-13-28-20/h7-16,27H,3,6H2,1-2,4-5H3. The molecule has 0 aliphatic heterocycles. The number of amidine groups is 1. The van der Waals surface area contributed by atoms with Crippen LogP contribution in [-0.4, -0.2) is 36.7 Å². The van der Waals surface area contributed by atoms with Crippen molar-refractivity contribution >= 4 is 23.9 Å². The molecule has 0 aliphatic carbocycles. The summed E-state index contributed by atoms with van der Waals surface area (Å²) in [6.07, 6.45) is 6.06. The molecule has 0 spiro atoms. The first-order valence-electron chi connectivity index (χ1n) is 10.2. The lowest BCUT2D eigenvalue weighted by atomic mass is 10.1. The fourth-order valence-corrected chi connectivity index (χ4v) is 3.18. The summed E-state index contributed by atoms with van der Waals surface area (Å²) >= 11 is 0. The van der Waals surface area contributed by atoms with Crippen LogP contribution in [0.5, 0.6) is 11.5 Å². The monoisotopic (exact) mass is 429 g/mol. The SMILES string of the molecule is C=NC(C=CNc1cc(CC)c(OC)c(OC)c1)=Nc1ccc(C)nc1-c1ccccn1. The zero-order valence-electron chi connectivity index (χ0n) is 18.8. The average Bonchev–Trinajstić information content (AvgIpc) is 2.84. The van der Waals surface area contributed by atoms with Crippen LogP contribution in [0.15, 0.2) is 70.9 Å². The minimum Gasteiger partial charge on any atom is -0.493 e. The number of anilines is 1. The maximum Gasteiger partial charge on any atom is 0.164 e. The van der Waals surface area contributed by atoms with E-state index < -0.39 is 0 Å². The first kappa shape index (κ1) is 22.7. The second-order valence-corrected chi connectivity index (χ2v) is 6.87. The molecule has 0 unspecified atom stereocenters. The van der Waals surface area contributed by atoms with Gasteiger partial charge in [0, 0.05) is 29.8 Å². The molecule has 0 atom stereocenters. The summed E-state index contributed by atoms with van der Waals surface area (Å²) in [7, 11) is 3.26. The van der Waals surface area contributed by atoms with E-state index in [0.29, 0.717) is 23.0 Å². The summed E-state index contributed by atoms with van der Waals surface area (Å²) < 4.78 is 10.9. The van der Waals surface area contributed by atoms with Crippen LogP contribution in [0.4, 0.5) is 11.4 Å². The van der Waals surface area contributed by atoms with Gasteiger partial charge in [0.05, 0.1) is 25.6 Å². The molecule has 3 rings (SSSR count). The van der Waals surface area contributed by atoms with E-state index in [-0.39, 0.29) is 0 Å². The Balaban J connectivity index is 1.87. The topological polar surface area (TPSA) is 81.0 Å². The van der Waals surface area contributed by atoms with E-state index in [0.717, 1.165) is 34.8 Å². The second-order valence-electron chi connectivity index (χ2n) is 6.87. The van der Waals surface area contributed by atoms with Crippen LogP contribution in [0.25, 0.3) is 11.4 Å². The summed E-state index contributed by atoms with van der Waals surface area (Å²) in [6, 6.07) is 13.4. The van der Waals surface area contributed by atoms with E-state index >= 15 is 0 Å². The van der Waals surface area contributed by atoms with Crippen molar-refractivity contribution < 1.29 is 9.47 Å². The molecule has 1 N–H and O–H groups in total. The minimum absolute atomic E-state index is 0.441. The van der Waals surface area contributed by atoms with Gasteiger partial charge in [-0.2, -0.15) is 0 Å². The number of ether oxygens (including phenoxy) is 2. The molecule has 0 saturated carbocycles. The first-order valence-corrected chi connectivity index (χ1v) is 10.2. The Bertz CT molecular complexity index is 1120. The van der Waals surface area contributed by atoms with Gasteiger partial charge in [0.25, 0.3) is 0 Å². The first-order chi connectivity index (χ1) is 15.6. The van der Waals surface area contributed by atoms with E-state index in [4.69, 9.17) is 9.47 Å². The number of nitrogens with zero attached hydrogens (tertiary/aromatic N) is 4. The molecule has 3 aromatic rings. The molecule has 0 amide bonds. The smallest absolute Gasteiger partial charge is 0.164 e. The van der Waals surface area contributed by atoms with Gasteiger partial charge >= 0.3 is 0 Å². The van der Waals surface area contributed by atoms with Crippen LogP contribution in [0.3, 0.4) is 0 Å². The van der Waals surface area contributed by atoms with Gasteiger partial charge < -0.3 is 14.8 Å². The Morgan fingerprint density at radius 2 is 2.00 bits per heavy atom. The molecule has 0 saturated heterocycles. The zero-order chi connectivity index (χ0) is 22.9. The largest absolute Gasteiger partial charge is 0.493 e. The van der Waals surface area contributed by atoms with Crippen molar-refractivity contribution in [1.82, 2.24) is 9.97 Å². The third-order valence-electron chi connectivity index (χ3n) is 4.74. The number of nitrogens with one attached hydrogen (secondary N) is 1. The molecule has 7 heteroatoms. The number of pyridine rings is 2. The Kier molecular flexibility index (Phi) is 7.70. The number of hydrogen-bond donors (Lipinski definition) is 1. The number of benzene rings is 1. The Labute approximate surface area is 188 Å². The van der Waals surface area contributed by atoms with E-state index in [9.17, 15) is 0 Å². The van der Waals surface area contributed by atoms with Crippen LogP contribution < -0.4 is 14.8 Å². The number of methoxy groups -OCH3 is 2. The zero-order valence-corrected chi connectivity index (χ0v) is 18.8. The van der Waals surface area contributed by atoms with Crippen molar-refractivity contribution in [2.75, 3.05) is 19.5 Å². The molecule has 32 heavy (non-hydrogen) atoms. The van der Waals surface area contributed by atoms with Gasteiger partial charge in [0.1, 0.15) is 5.69 Å². The number of aliphatic imine (C=N–C) groups is 2. The van der Waals surface area contributed by atoms with Crippen molar-refractivity contribution in [3.63, 3.8) is 0 Å². The van der Waals surface area contributed by atoms with Crippen molar-refractivity contribution in [3.05, 3.63) is 72.2 Å². The fourth-order valence-electron chi connectivity index (χ4n) is 3.18. The van der Waals surface area contributed by atoms with Gasteiger partial charge in [-0.15, -0.1) is 0 Å². The summed E-state index contributed by atoms with van der Waals surface area (Å²) in [5.41, 5.74) is 4.91. The number of aromatic nitrogens is 2. The highest BCUT2D eigenvalue weighted by Gasteiger charge is 2.11. The van der Waals surface area contributed by atoms with Crippen LogP contribution >= 0.6 is 0 Å². The van der Waals surface area contributed by atoms with Crippen LogP contribution in [0, 0.1) is 6.92 Å². The highest BCUT2D eigenvalue weighted by Crippen LogP contribution is 2.35. The van der Waals surface area contributed by atoms with E-state index in [1.807, 2.05) is 49.4 Å². The molecule has 2 aromatic heterocycles. The van der Waals surface area contributed by atoms with Crippen molar-refractivity contribution in [2.24, 2.45) is 9.98 Å². The predicted molar refractivity (Wildman–Crippen MR) is 131 cm³/mol. The van der Waals surface area contributed by atoms with E-state index in [2.05, 4.69) is 38.9 Å². The molecule has 0 bridgehead atoms. The van der Waals surface area contributed by atoms with E-state index in [1.165, 1.54) is 0 Å². The summed E-state index contributed by atoms with van der Waals surface area (Å²) in [6.45, 7) is 7.65. The third-order valence-corrected chi connectivity index (χ3v) is 4.74. The molecule has 0 radical (unpaired) electrons. The normalized spacial score (nSPS) is 11.4. The van der Waals surface area contributed by atoms with Gasteiger partial charge in [0.2, 0.25) is 0 Å². The van der Waals surface area contributed by atoms with Gasteiger partial charge in [-0.3, -0.25) is 4.98 Å². The number of hydrogen-bond acceptors (Lipinski definition) is 6. The van der Waals surface area contributed by atoms with Gasteiger partial charge in [-0.25, -0.2) is 15.0 Å². The number of aryl methyl sites for hydroxylation is 2. The lowest BCUT2D eigenvalue weighted by Crippen LogP contribution is -1.98. The second kappa shape index (κ2) is 10.9. The lowest BCUT2D eigenvalue weighted by molar-refractivity contribution is 0.352. The van der Waals surface area contributed by atoms with E-state index in [1.54, 1.807) is 32.7 Å². The molecular formula is C25H27N5O2. The van der Waals surface area contributed by atoms with Crippen LogP contribution in [-0.2, 0) is 6.42 Å². The fraction of sp³-hybridized carbons (Fsp3) is 0.200. The molecule has 164 valence electrons. The Hall–Kier alpha value is -4.00. The van der Waals surface area contributed by atoms with Gasteiger partial charge in [-0.05, 0) is 62.0 Å². The molecule has 0 aliphatic rings. The molecule has 2 heterocycles. The maximum absolute atomic E-state index is 5.47. The summed E-state index contributed by atoms with van der Waals surface area (Å²) in [5.74, 6) is 1.86.